The second kappa shape index (κ2) is 7.25. The molecular weight excluding hydrogens is 261 g/mol. The Hall–Kier alpha value is -0.600. The highest BCUT2D eigenvalue weighted by Gasteiger charge is 2.28. The van der Waals surface area contributed by atoms with Crippen LogP contribution in [0.5, 0.6) is 0 Å². The third kappa shape index (κ3) is 3.93. The van der Waals surface area contributed by atoms with E-state index >= 15 is 0 Å². The summed E-state index contributed by atoms with van der Waals surface area (Å²) in [4.78, 5) is 0. The molecule has 0 heterocycles. The van der Waals surface area contributed by atoms with E-state index in [4.69, 9.17) is 11.6 Å². The third-order valence-corrected chi connectivity index (χ3v) is 4.53. The maximum atomic E-state index is 13.8. The molecule has 1 aliphatic carbocycles. The first kappa shape index (κ1) is 14.8. The van der Waals surface area contributed by atoms with Crippen LogP contribution < -0.4 is 5.32 Å². The van der Waals surface area contributed by atoms with Crippen LogP contribution in [0.15, 0.2) is 18.2 Å². The van der Waals surface area contributed by atoms with E-state index < -0.39 is 0 Å². The van der Waals surface area contributed by atoms with Gasteiger partial charge in [0.2, 0.25) is 0 Å². The van der Waals surface area contributed by atoms with E-state index in [9.17, 15) is 4.39 Å². The van der Waals surface area contributed by atoms with Gasteiger partial charge in [0.05, 0.1) is 0 Å². The summed E-state index contributed by atoms with van der Waals surface area (Å²) in [6.07, 6.45) is 5.66. The summed E-state index contributed by atoms with van der Waals surface area (Å²) in [7, 11) is 0. The Kier molecular flexibility index (Phi) is 5.65. The zero-order chi connectivity index (χ0) is 13.7. The maximum Gasteiger partial charge on any atom is 0.127 e. The van der Waals surface area contributed by atoms with Gasteiger partial charge in [-0.1, -0.05) is 31.0 Å². The Balaban J connectivity index is 1.97. The van der Waals surface area contributed by atoms with Crippen LogP contribution in [0.25, 0.3) is 0 Å². The summed E-state index contributed by atoms with van der Waals surface area (Å²) in [6.45, 7) is 4.31. The predicted molar refractivity (Wildman–Crippen MR) is 79.1 cm³/mol. The molecule has 1 aromatic carbocycles. The van der Waals surface area contributed by atoms with Gasteiger partial charge < -0.3 is 5.32 Å². The Labute approximate surface area is 120 Å². The lowest BCUT2D eigenvalue weighted by molar-refractivity contribution is 0.362. The first-order valence-corrected chi connectivity index (χ1v) is 7.73. The van der Waals surface area contributed by atoms with Crippen molar-refractivity contribution >= 4 is 11.6 Å². The molecule has 1 fully saturated rings. The van der Waals surface area contributed by atoms with Crippen molar-refractivity contribution in [2.24, 2.45) is 11.8 Å². The molecule has 1 saturated carbocycles. The monoisotopic (exact) mass is 283 g/mol. The van der Waals surface area contributed by atoms with Crippen molar-refractivity contribution in [3.8, 4) is 0 Å². The van der Waals surface area contributed by atoms with E-state index in [1.807, 2.05) is 0 Å². The highest BCUT2D eigenvalue weighted by atomic mass is 35.5. The smallest absolute Gasteiger partial charge is 0.127 e. The molecule has 2 atom stereocenters. The second-order valence-electron chi connectivity index (χ2n) is 5.56. The van der Waals surface area contributed by atoms with E-state index in [2.05, 4.69) is 12.2 Å². The van der Waals surface area contributed by atoms with Gasteiger partial charge >= 0.3 is 0 Å². The Morgan fingerprint density at radius 3 is 2.84 bits per heavy atom. The number of hydrogen-bond acceptors (Lipinski definition) is 1. The lowest BCUT2D eigenvalue weighted by Crippen LogP contribution is -2.27. The van der Waals surface area contributed by atoms with Crippen LogP contribution in [-0.4, -0.2) is 13.1 Å². The fourth-order valence-corrected chi connectivity index (χ4v) is 3.35. The molecule has 106 valence electrons. The summed E-state index contributed by atoms with van der Waals surface area (Å²) in [5, 5.41) is 4.07. The average Bonchev–Trinajstić information content (AvgIpc) is 2.82. The van der Waals surface area contributed by atoms with E-state index in [0.29, 0.717) is 22.4 Å². The number of benzene rings is 1. The van der Waals surface area contributed by atoms with Crippen LogP contribution in [0.3, 0.4) is 0 Å². The lowest BCUT2D eigenvalue weighted by Gasteiger charge is -2.21. The van der Waals surface area contributed by atoms with Crippen molar-refractivity contribution < 1.29 is 4.39 Å². The number of rotatable bonds is 6. The lowest BCUT2D eigenvalue weighted by atomic mass is 9.89. The molecule has 1 nitrogen and oxygen atoms in total. The van der Waals surface area contributed by atoms with Crippen LogP contribution in [0.1, 0.15) is 38.2 Å². The van der Waals surface area contributed by atoms with Crippen molar-refractivity contribution in [2.45, 2.75) is 39.0 Å². The summed E-state index contributed by atoms with van der Waals surface area (Å²) in [6, 6.07) is 4.98. The van der Waals surface area contributed by atoms with Gasteiger partial charge in [-0.2, -0.15) is 0 Å². The molecule has 19 heavy (non-hydrogen) atoms. The molecule has 0 radical (unpaired) electrons. The molecule has 0 aliphatic heterocycles. The third-order valence-electron chi connectivity index (χ3n) is 4.18. The minimum atomic E-state index is -0.153. The number of halogens is 2. The van der Waals surface area contributed by atoms with Crippen molar-refractivity contribution in [1.82, 2.24) is 5.32 Å². The van der Waals surface area contributed by atoms with Crippen LogP contribution in [0.4, 0.5) is 4.39 Å². The van der Waals surface area contributed by atoms with Gasteiger partial charge in [0.15, 0.2) is 0 Å². The minimum Gasteiger partial charge on any atom is -0.316 e. The van der Waals surface area contributed by atoms with Crippen LogP contribution in [0.2, 0.25) is 5.02 Å². The van der Waals surface area contributed by atoms with Crippen molar-refractivity contribution in [2.75, 3.05) is 13.1 Å². The Morgan fingerprint density at radius 2 is 2.11 bits per heavy atom. The largest absolute Gasteiger partial charge is 0.316 e. The topological polar surface area (TPSA) is 12.0 Å². The molecule has 0 aromatic heterocycles. The van der Waals surface area contributed by atoms with Gasteiger partial charge in [0.25, 0.3) is 0 Å². The van der Waals surface area contributed by atoms with Gasteiger partial charge in [-0.15, -0.1) is 0 Å². The van der Waals surface area contributed by atoms with Crippen molar-refractivity contribution in [1.29, 1.82) is 0 Å². The van der Waals surface area contributed by atoms with E-state index in [-0.39, 0.29) is 5.82 Å². The van der Waals surface area contributed by atoms with Gasteiger partial charge in [0.1, 0.15) is 5.82 Å². The van der Waals surface area contributed by atoms with Gasteiger partial charge in [0, 0.05) is 10.6 Å². The SMILES string of the molecule is CCCNCC1CCCC1Cc1c(F)cccc1Cl. The summed E-state index contributed by atoms with van der Waals surface area (Å²) in [5.41, 5.74) is 0.705. The highest BCUT2D eigenvalue weighted by molar-refractivity contribution is 6.31. The normalized spacial score (nSPS) is 22.9. The first-order chi connectivity index (χ1) is 9.22. The van der Waals surface area contributed by atoms with Crippen LogP contribution in [0, 0.1) is 17.7 Å². The Morgan fingerprint density at radius 1 is 1.32 bits per heavy atom. The van der Waals surface area contributed by atoms with E-state index in [1.165, 1.54) is 25.3 Å². The van der Waals surface area contributed by atoms with Crippen LogP contribution >= 0.6 is 11.6 Å². The molecule has 0 bridgehead atoms. The summed E-state index contributed by atoms with van der Waals surface area (Å²) in [5.74, 6) is 1.08. The molecule has 2 rings (SSSR count). The van der Waals surface area contributed by atoms with Crippen molar-refractivity contribution in [3.05, 3.63) is 34.6 Å². The fraction of sp³-hybridized carbons (Fsp3) is 0.625. The molecule has 1 N–H and O–H groups in total. The molecule has 1 aromatic rings. The maximum absolute atomic E-state index is 13.8. The summed E-state index contributed by atoms with van der Waals surface area (Å²) >= 11 is 6.13. The first-order valence-electron chi connectivity index (χ1n) is 7.36. The molecule has 0 amide bonds. The summed E-state index contributed by atoms with van der Waals surface area (Å²) < 4.78 is 13.8. The number of nitrogens with one attached hydrogen (secondary N) is 1. The Bertz CT molecular complexity index is 387. The fourth-order valence-electron chi connectivity index (χ4n) is 3.10. The predicted octanol–water partition coefficient (Wildman–Crippen LogP) is 4.44. The van der Waals surface area contributed by atoms with Crippen molar-refractivity contribution in [3.63, 3.8) is 0 Å². The van der Waals surface area contributed by atoms with Gasteiger partial charge in [-0.05, 0) is 62.7 Å². The molecule has 1 aliphatic rings. The molecule has 3 heteroatoms. The standard InChI is InChI=1S/C16H23ClFN/c1-2-9-19-11-13-6-3-5-12(13)10-14-15(17)7-4-8-16(14)18/h4,7-8,12-13,19H,2-3,5-6,9-11H2,1H3. The quantitative estimate of drug-likeness (QED) is 0.761. The zero-order valence-corrected chi connectivity index (χ0v) is 12.3. The van der Waals surface area contributed by atoms with E-state index in [1.54, 1.807) is 12.1 Å². The van der Waals surface area contributed by atoms with Crippen LogP contribution in [-0.2, 0) is 6.42 Å². The minimum absolute atomic E-state index is 0.153. The average molecular weight is 284 g/mol. The molecule has 0 saturated heterocycles. The molecule has 0 spiro atoms. The van der Waals surface area contributed by atoms with Gasteiger partial charge in [-0.25, -0.2) is 4.39 Å². The molecule has 2 unspecified atom stereocenters. The number of hydrogen-bond donors (Lipinski definition) is 1. The second-order valence-corrected chi connectivity index (χ2v) is 5.97. The zero-order valence-electron chi connectivity index (χ0n) is 11.6. The van der Waals surface area contributed by atoms with Gasteiger partial charge in [-0.3, -0.25) is 0 Å². The highest BCUT2D eigenvalue weighted by Crippen LogP contribution is 2.35. The molecular formula is C16H23ClFN. The van der Waals surface area contributed by atoms with E-state index in [0.717, 1.165) is 25.9 Å².